The van der Waals surface area contributed by atoms with Crippen LogP contribution in [0.15, 0.2) is 103 Å². The summed E-state index contributed by atoms with van der Waals surface area (Å²) in [5, 5.41) is 13.6. The molecule has 4 heteroatoms. The lowest BCUT2D eigenvalue weighted by atomic mass is 9.98. The largest absolute Gasteiger partial charge is 0.340 e. The smallest absolute Gasteiger partial charge is 0.262 e. The highest BCUT2D eigenvalue weighted by Crippen LogP contribution is 2.23. The fourth-order valence-electron chi connectivity index (χ4n) is 3.41. The maximum absolute atomic E-state index is 13.1. The predicted molar refractivity (Wildman–Crippen MR) is 118 cm³/mol. The maximum atomic E-state index is 13.1. The molecule has 0 atom stereocenters. The zero-order chi connectivity index (χ0) is 20.8. The van der Waals surface area contributed by atoms with E-state index in [-0.39, 0.29) is 11.6 Å². The van der Waals surface area contributed by atoms with Gasteiger partial charge >= 0.3 is 0 Å². The van der Waals surface area contributed by atoms with Crippen molar-refractivity contribution in [3.8, 4) is 6.07 Å². The SMILES string of the molecule is N#C/C(=C\c1ccnc2ccccc12)C(=O)NC(c1ccccc1)c1ccccc1. The van der Waals surface area contributed by atoms with Crippen molar-refractivity contribution < 1.29 is 4.79 Å². The highest BCUT2D eigenvalue weighted by molar-refractivity contribution is 6.04. The molecule has 1 aromatic heterocycles. The summed E-state index contributed by atoms with van der Waals surface area (Å²) in [6, 6.07) is 30.6. The van der Waals surface area contributed by atoms with Crippen LogP contribution in [0.5, 0.6) is 0 Å². The van der Waals surface area contributed by atoms with Gasteiger partial charge in [0.2, 0.25) is 0 Å². The molecule has 1 N–H and O–H groups in total. The Hall–Kier alpha value is -4.23. The number of nitrogens with one attached hydrogen (secondary N) is 1. The number of amides is 1. The standard InChI is InChI=1S/C26H19N3O/c27-18-22(17-21-15-16-28-24-14-8-7-13-23(21)24)26(30)29-25(19-9-3-1-4-10-19)20-11-5-2-6-12-20/h1-17,25H,(H,29,30)/b22-17+. The number of hydrogen-bond acceptors (Lipinski definition) is 3. The van der Waals surface area contributed by atoms with Crippen LogP contribution in [0.2, 0.25) is 0 Å². The molecule has 0 saturated carbocycles. The van der Waals surface area contributed by atoms with E-state index in [4.69, 9.17) is 0 Å². The molecule has 1 heterocycles. The molecule has 0 bridgehead atoms. The molecule has 0 radical (unpaired) electrons. The van der Waals surface area contributed by atoms with Crippen LogP contribution in [0, 0.1) is 11.3 Å². The minimum Gasteiger partial charge on any atom is -0.340 e. The van der Waals surface area contributed by atoms with Crippen LogP contribution in [0.4, 0.5) is 0 Å². The van der Waals surface area contributed by atoms with E-state index in [9.17, 15) is 10.1 Å². The zero-order valence-corrected chi connectivity index (χ0v) is 16.2. The number of carbonyl (C=O) groups excluding carboxylic acids is 1. The normalized spacial score (nSPS) is 11.3. The second-order valence-electron chi connectivity index (χ2n) is 6.81. The Bertz CT molecular complexity index is 1200. The molecule has 0 unspecified atom stereocenters. The molecule has 0 spiro atoms. The van der Waals surface area contributed by atoms with Gasteiger partial charge in [0.25, 0.3) is 5.91 Å². The van der Waals surface area contributed by atoms with Crippen LogP contribution in [-0.4, -0.2) is 10.9 Å². The van der Waals surface area contributed by atoms with Gasteiger partial charge in [-0.1, -0.05) is 78.9 Å². The first-order valence-corrected chi connectivity index (χ1v) is 9.62. The number of benzene rings is 3. The van der Waals surface area contributed by atoms with E-state index in [0.29, 0.717) is 0 Å². The fraction of sp³-hybridized carbons (Fsp3) is 0.0385. The first-order valence-electron chi connectivity index (χ1n) is 9.62. The summed E-state index contributed by atoms with van der Waals surface area (Å²) < 4.78 is 0. The lowest BCUT2D eigenvalue weighted by Crippen LogP contribution is -2.30. The minimum atomic E-state index is -0.420. The van der Waals surface area contributed by atoms with Crippen LogP contribution in [0.3, 0.4) is 0 Å². The van der Waals surface area contributed by atoms with E-state index in [1.165, 1.54) is 0 Å². The molecule has 4 nitrogen and oxygen atoms in total. The molecule has 4 aromatic rings. The van der Waals surface area contributed by atoms with E-state index < -0.39 is 5.91 Å². The molecular formula is C26H19N3O. The number of nitrogens with zero attached hydrogens (tertiary/aromatic N) is 2. The van der Waals surface area contributed by atoms with Crippen molar-refractivity contribution in [3.63, 3.8) is 0 Å². The average molecular weight is 389 g/mol. The first kappa shape index (κ1) is 19.1. The summed E-state index contributed by atoms with van der Waals surface area (Å²) in [4.78, 5) is 17.4. The molecule has 0 aliphatic carbocycles. The van der Waals surface area contributed by atoms with E-state index >= 15 is 0 Å². The lowest BCUT2D eigenvalue weighted by molar-refractivity contribution is -0.117. The van der Waals surface area contributed by atoms with Crippen molar-refractivity contribution in [1.82, 2.24) is 10.3 Å². The van der Waals surface area contributed by atoms with Gasteiger partial charge in [-0.3, -0.25) is 9.78 Å². The Morgan fingerprint density at radius 2 is 1.47 bits per heavy atom. The number of carbonyl (C=O) groups is 1. The number of aromatic nitrogens is 1. The number of hydrogen-bond donors (Lipinski definition) is 1. The van der Waals surface area contributed by atoms with Gasteiger partial charge in [0.05, 0.1) is 11.6 Å². The lowest BCUT2D eigenvalue weighted by Gasteiger charge is -2.19. The first-order chi connectivity index (χ1) is 14.8. The molecule has 0 saturated heterocycles. The van der Waals surface area contributed by atoms with Crippen LogP contribution in [0.25, 0.3) is 17.0 Å². The molecule has 0 aliphatic heterocycles. The maximum Gasteiger partial charge on any atom is 0.262 e. The summed E-state index contributed by atoms with van der Waals surface area (Å²) in [5.41, 5.74) is 3.54. The zero-order valence-electron chi connectivity index (χ0n) is 16.2. The number of rotatable bonds is 5. The van der Waals surface area contributed by atoms with Crippen LogP contribution in [0.1, 0.15) is 22.7 Å². The van der Waals surface area contributed by atoms with Crippen molar-refractivity contribution in [2.24, 2.45) is 0 Å². The van der Waals surface area contributed by atoms with Gasteiger partial charge in [0, 0.05) is 11.6 Å². The quantitative estimate of drug-likeness (QED) is 0.384. The summed E-state index contributed by atoms with van der Waals surface area (Å²) in [7, 11) is 0. The van der Waals surface area contributed by atoms with Gasteiger partial charge < -0.3 is 5.32 Å². The second-order valence-corrected chi connectivity index (χ2v) is 6.81. The molecular weight excluding hydrogens is 370 g/mol. The average Bonchev–Trinajstić information content (AvgIpc) is 2.82. The third-order valence-electron chi connectivity index (χ3n) is 4.89. The van der Waals surface area contributed by atoms with Crippen LogP contribution >= 0.6 is 0 Å². The van der Waals surface area contributed by atoms with Gasteiger partial charge in [-0.15, -0.1) is 0 Å². The topological polar surface area (TPSA) is 65.8 Å². The number of pyridine rings is 1. The Morgan fingerprint density at radius 3 is 2.10 bits per heavy atom. The molecule has 30 heavy (non-hydrogen) atoms. The van der Waals surface area contributed by atoms with E-state index in [0.717, 1.165) is 27.6 Å². The van der Waals surface area contributed by atoms with E-state index in [1.54, 1.807) is 18.3 Å². The second kappa shape index (κ2) is 8.85. The molecule has 0 fully saturated rings. The molecule has 1 amide bonds. The van der Waals surface area contributed by atoms with Gasteiger partial charge in [-0.25, -0.2) is 0 Å². The Balaban J connectivity index is 1.69. The van der Waals surface area contributed by atoms with Crippen molar-refractivity contribution >= 4 is 22.9 Å². The van der Waals surface area contributed by atoms with Gasteiger partial charge in [0.15, 0.2) is 0 Å². The highest BCUT2D eigenvalue weighted by Gasteiger charge is 2.19. The third-order valence-corrected chi connectivity index (χ3v) is 4.89. The molecule has 0 aliphatic rings. The molecule has 144 valence electrons. The van der Waals surface area contributed by atoms with Crippen molar-refractivity contribution in [1.29, 1.82) is 5.26 Å². The van der Waals surface area contributed by atoms with Gasteiger partial charge in [-0.05, 0) is 34.9 Å². The van der Waals surface area contributed by atoms with Crippen molar-refractivity contribution in [3.05, 3.63) is 119 Å². The molecule has 4 rings (SSSR count). The van der Waals surface area contributed by atoms with Gasteiger partial charge in [0.1, 0.15) is 11.6 Å². The fourth-order valence-corrected chi connectivity index (χ4v) is 3.41. The van der Waals surface area contributed by atoms with Crippen LogP contribution in [-0.2, 0) is 4.79 Å². The summed E-state index contributed by atoms with van der Waals surface area (Å²) in [6.45, 7) is 0. The highest BCUT2D eigenvalue weighted by atomic mass is 16.1. The number of nitriles is 1. The van der Waals surface area contributed by atoms with Gasteiger partial charge in [-0.2, -0.15) is 5.26 Å². The van der Waals surface area contributed by atoms with Crippen LogP contribution < -0.4 is 5.32 Å². The summed E-state index contributed by atoms with van der Waals surface area (Å²) in [5.74, 6) is -0.420. The van der Waals surface area contributed by atoms with E-state index in [1.807, 2.05) is 84.9 Å². The van der Waals surface area contributed by atoms with E-state index in [2.05, 4.69) is 16.4 Å². The Morgan fingerprint density at radius 1 is 0.867 bits per heavy atom. The predicted octanol–water partition coefficient (Wildman–Crippen LogP) is 5.05. The third kappa shape index (κ3) is 4.11. The summed E-state index contributed by atoms with van der Waals surface area (Å²) in [6.07, 6.45) is 3.30. The Kier molecular flexibility index (Phi) is 5.63. The minimum absolute atomic E-state index is 0.0446. The number of fused-ring (bicyclic) bond motifs is 1. The Labute approximate surface area is 175 Å². The van der Waals surface area contributed by atoms with Crippen molar-refractivity contribution in [2.45, 2.75) is 6.04 Å². The number of para-hydroxylation sites is 1. The summed E-state index contributed by atoms with van der Waals surface area (Å²) >= 11 is 0. The van der Waals surface area contributed by atoms with Crippen molar-refractivity contribution in [2.75, 3.05) is 0 Å². The monoisotopic (exact) mass is 389 g/mol. The molecule has 3 aromatic carbocycles.